The molecule has 0 amide bonds. The summed E-state index contributed by atoms with van der Waals surface area (Å²) in [4.78, 5) is 2.78. The molecule has 0 rings (SSSR count). The fourth-order valence-electron chi connectivity index (χ4n) is 0.873. The van der Waals surface area contributed by atoms with Crippen LogP contribution >= 0.6 is 12.2 Å². The topological polar surface area (TPSA) is 29.3 Å². The number of nitrogens with zero attached hydrogens (tertiary/aromatic N) is 1. The van der Waals surface area contributed by atoms with Gasteiger partial charge in [-0.25, -0.2) is 0 Å². The van der Waals surface area contributed by atoms with Gasteiger partial charge in [-0.15, -0.1) is 0 Å². The number of thiocarbonyl (C=S) groups is 1. The summed E-state index contributed by atoms with van der Waals surface area (Å²) in [5, 5.41) is 0. The summed E-state index contributed by atoms with van der Waals surface area (Å²) in [6, 6.07) is 0.221. The first kappa shape index (κ1) is 11.8. The molecular weight excluding hydrogens is 168 g/mol. The zero-order valence-corrected chi connectivity index (χ0v) is 9.32. The number of nitrogens with two attached hydrogens (primary N) is 1. The minimum Gasteiger partial charge on any atom is -0.392 e. The van der Waals surface area contributed by atoms with Crippen molar-refractivity contribution in [3.8, 4) is 0 Å². The highest BCUT2D eigenvalue weighted by atomic mass is 32.1. The van der Waals surface area contributed by atoms with Crippen molar-refractivity contribution in [2.24, 2.45) is 11.7 Å². The van der Waals surface area contributed by atoms with Crippen LogP contribution in [-0.2, 0) is 0 Å². The molecule has 1 atom stereocenters. The third-order valence-electron chi connectivity index (χ3n) is 2.13. The predicted molar refractivity (Wildman–Crippen MR) is 58.3 cm³/mol. The van der Waals surface area contributed by atoms with E-state index in [1.807, 2.05) is 6.92 Å². The summed E-state index contributed by atoms with van der Waals surface area (Å²) in [5.41, 5.74) is 5.53. The van der Waals surface area contributed by atoms with Gasteiger partial charge in [-0.3, -0.25) is 4.90 Å². The Bertz CT molecular complexity index is 145. The largest absolute Gasteiger partial charge is 0.392 e. The van der Waals surface area contributed by atoms with E-state index in [4.69, 9.17) is 18.0 Å². The Hall–Kier alpha value is -0.150. The molecule has 1 unspecified atom stereocenters. The second kappa shape index (κ2) is 5.49. The van der Waals surface area contributed by atoms with E-state index < -0.39 is 0 Å². The van der Waals surface area contributed by atoms with Crippen LogP contribution in [0.4, 0.5) is 0 Å². The third kappa shape index (κ3) is 4.67. The molecule has 0 aliphatic heterocycles. The van der Waals surface area contributed by atoms with Crippen LogP contribution in [0.15, 0.2) is 0 Å². The van der Waals surface area contributed by atoms with Gasteiger partial charge in [0.1, 0.15) is 0 Å². The van der Waals surface area contributed by atoms with Gasteiger partial charge in [0.15, 0.2) is 0 Å². The fraction of sp³-hybridized carbons (Fsp3) is 0.889. The summed E-state index contributed by atoms with van der Waals surface area (Å²) in [5.74, 6) is 0.742. The van der Waals surface area contributed by atoms with Crippen LogP contribution in [0.25, 0.3) is 0 Å². The molecule has 12 heavy (non-hydrogen) atoms. The molecule has 0 aromatic rings. The molecule has 0 saturated heterocycles. The van der Waals surface area contributed by atoms with Crippen molar-refractivity contribution in [2.75, 3.05) is 13.6 Å². The van der Waals surface area contributed by atoms with E-state index in [-0.39, 0.29) is 6.04 Å². The van der Waals surface area contributed by atoms with Crippen molar-refractivity contribution in [1.29, 1.82) is 0 Å². The molecule has 0 heterocycles. The molecule has 0 aromatic carbocycles. The fourth-order valence-corrected chi connectivity index (χ4v) is 1.05. The Morgan fingerprint density at radius 1 is 1.42 bits per heavy atom. The normalized spacial score (nSPS) is 13.8. The monoisotopic (exact) mass is 188 g/mol. The lowest BCUT2D eigenvalue weighted by Crippen LogP contribution is -2.39. The maximum Gasteiger partial charge on any atom is 0.0899 e. The first-order valence-corrected chi connectivity index (χ1v) is 4.85. The lowest BCUT2D eigenvalue weighted by atomic mass is 10.1. The molecule has 2 N–H and O–H groups in total. The summed E-state index contributed by atoms with van der Waals surface area (Å²) < 4.78 is 0. The van der Waals surface area contributed by atoms with Crippen LogP contribution in [-0.4, -0.2) is 29.5 Å². The van der Waals surface area contributed by atoms with Gasteiger partial charge in [-0.2, -0.15) is 0 Å². The van der Waals surface area contributed by atoms with Crippen molar-refractivity contribution < 1.29 is 0 Å². The first-order valence-electron chi connectivity index (χ1n) is 4.44. The van der Waals surface area contributed by atoms with Crippen LogP contribution in [0.2, 0.25) is 0 Å². The Morgan fingerprint density at radius 2 is 1.92 bits per heavy atom. The summed E-state index contributed by atoms with van der Waals surface area (Å²) in [7, 11) is 2.06. The van der Waals surface area contributed by atoms with Crippen molar-refractivity contribution in [3.63, 3.8) is 0 Å². The first-order chi connectivity index (χ1) is 5.45. The maximum atomic E-state index is 5.53. The number of likely N-dealkylation sites (N-methyl/N-ethyl adjacent to an activating group) is 1. The van der Waals surface area contributed by atoms with E-state index in [0.29, 0.717) is 4.99 Å². The summed E-state index contributed by atoms with van der Waals surface area (Å²) >= 11 is 4.91. The highest BCUT2D eigenvalue weighted by Crippen LogP contribution is 2.03. The molecule has 0 saturated carbocycles. The summed E-state index contributed by atoms with van der Waals surface area (Å²) in [6.45, 7) is 7.55. The predicted octanol–water partition coefficient (Wildman–Crippen LogP) is 1.64. The summed E-state index contributed by atoms with van der Waals surface area (Å²) in [6.07, 6.45) is 1.20. The molecule has 0 aliphatic carbocycles. The van der Waals surface area contributed by atoms with Gasteiger partial charge in [0.25, 0.3) is 0 Å². The van der Waals surface area contributed by atoms with Gasteiger partial charge in [0.05, 0.1) is 11.0 Å². The Balaban J connectivity index is 3.71. The van der Waals surface area contributed by atoms with Crippen molar-refractivity contribution in [2.45, 2.75) is 33.2 Å². The van der Waals surface area contributed by atoms with Gasteiger partial charge in [0.2, 0.25) is 0 Å². The Labute approximate surface area is 81.1 Å². The third-order valence-corrected chi connectivity index (χ3v) is 2.47. The zero-order chi connectivity index (χ0) is 9.72. The average Bonchev–Trinajstić information content (AvgIpc) is 1.98. The minimum atomic E-state index is 0.221. The van der Waals surface area contributed by atoms with Crippen molar-refractivity contribution >= 4 is 17.2 Å². The lowest BCUT2D eigenvalue weighted by Gasteiger charge is -2.24. The van der Waals surface area contributed by atoms with Crippen LogP contribution in [0.1, 0.15) is 27.2 Å². The molecule has 0 aliphatic rings. The molecule has 0 radical (unpaired) electrons. The van der Waals surface area contributed by atoms with Crippen LogP contribution in [0, 0.1) is 5.92 Å². The van der Waals surface area contributed by atoms with E-state index >= 15 is 0 Å². The zero-order valence-electron chi connectivity index (χ0n) is 8.50. The molecule has 0 bridgehead atoms. The van der Waals surface area contributed by atoms with E-state index in [1.54, 1.807) is 0 Å². The van der Waals surface area contributed by atoms with E-state index in [9.17, 15) is 0 Å². The second-order valence-corrected chi connectivity index (χ2v) is 4.21. The molecule has 0 aromatic heterocycles. The van der Waals surface area contributed by atoms with Gasteiger partial charge in [-0.05, 0) is 32.9 Å². The van der Waals surface area contributed by atoms with E-state index in [1.165, 1.54) is 6.42 Å². The SMILES string of the molecule is CC(C)CCN(C)C(C)C(N)=S. The van der Waals surface area contributed by atoms with Crippen molar-refractivity contribution in [1.82, 2.24) is 4.90 Å². The molecule has 72 valence electrons. The molecule has 3 heteroatoms. The molecule has 2 nitrogen and oxygen atoms in total. The van der Waals surface area contributed by atoms with E-state index in [2.05, 4.69) is 25.8 Å². The second-order valence-electron chi connectivity index (χ2n) is 3.74. The maximum absolute atomic E-state index is 5.53. The molecule has 0 fully saturated rings. The average molecular weight is 188 g/mol. The van der Waals surface area contributed by atoms with Crippen LogP contribution in [0.3, 0.4) is 0 Å². The van der Waals surface area contributed by atoms with E-state index in [0.717, 1.165) is 12.5 Å². The van der Waals surface area contributed by atoms with Crippen LogP contribution in [0.5, 0.6) is 0 Å². The quantitative estimate of drug-likeness (QED) is 0.665. The number of rotatable bonds is 5. The molecular formula is C9H20N2S. The standard InChI is InChI=1S/C9H20N2S/c1-7(2)5-6-11(4)8(3)9(10)12/h7-8H,5-6H2,1-4H3,(H2,10,12). The van der Waals surface area contributed by atoms with Gasteiger partial charge in [0, 0.05) is 0 Å². The van der Waals surface area contributed by atoms with Crippen LogP contribution < -0.4 is 5.73 Å². The van der Waals surface area contributed by atoms with Crippen molar-refractivity contribution in [3.05, 3.63) is 0 Å². The minimum absolute atomic E-state index is 0.221. The van der Waals surface area contributed by atoms with Gasteiger partial charge in [-0.1, -0.05) is 26.1 Å². The highest BCUT2D eigenvalue weighted by Gasteiger charge is 2.11. The van der Waals surface area contributed by atoms with Gasteiger partial charge >= 0.3 is 0 Å². The number of hydrogen-bond acceptors (Lipinski definition) is 2. The Kier molecular flexibility index (Phi) is 5.42. The lowest BCUT2D eigenvalue weighted by molar-refractivity contribution is 0.291. The Morgan fingerprint density at radius 3 is 2.25 bits per heavy atom. The molecule has 0 spiro atoms. The highest BCUT2D eigenvalue weighted by molar-refractivity contribution is 7.80. The van der Waals surface area contributed by atoms with Gasteiger partial charge < -0.3 is 5.73 Å². The smallest absolute Gasteiger partial charge is 0.0899 e. The number of hydrogen-bond donors (Lipinski definition) is 1.